The summed E-state index contributed by atoms with van der Waals surface area (Å²) in [4.78, 5) is 12.1. The van der Waals surface area contributed by atoms with Crippen LogP contribution in [0.2, 0.25) is 0 Å². The van der Waals surface area contributed by atoms with E-state index in [1.807, 2.05) is 17.8 Å². The van der Waals surface area contributed by atoms with Crippen LogP contribution >= 0.6 is 0 Å². The molecular weight excluding hydrogens is 286 g/mol. The number of hydrogen-bond acceptors (Lipinski definition) is 2. The first kappa shape index (κ1) is 15.8. The predicted molar refractivity (Wildman–Crippen MR) is 92.7 cm³/mol. The number of hydrogen-bond donors (Lipinski definition) is 1. The average molecular weight is 311 g/mol. The molecule has 1 aromatic heterocycles. The first-order valence-corrected chi connectivity index (χ1v) is 8.27. The van der Waals surface area contributed by atoms with Crippen LogP contribution in [-0.4, -0.2) is 15.7 Å². The number of carbonyl (C=O) groups excluding carboxylic acids is 1. The molecule has 4 nitrogen and oxygen atoms in total. The molecule has 0 saturated carbocycles. The molecule has 3 rings (SSSR count). The highest BCUT2D eigenvalue weighted by atomic mass is 16.1. The van der Waals surface area contributed by atoms with Crippen molar-refractivity contribution >= 4 is 11.7 Å². The van der Waals surface area contributed by atoms with Crippen molar-refractivity contribution in [3.05, 3.63) is 47.2 Å². The van der Waals surface area contributed by atoms with Crippen molar-refractivity contribution in [1.82, 2.24) is 9.78 Å². The van der Waals surface area contributed by atoms with Crippen LogP contribution in [0.4, 0.5) is 5.82 Å². The summed E-state index contributed by atoms with van der Waals surface area (Å²) >= 11 is 0. The zero-order valence-electron chi connectivity index (χ0n) is 14.4. The number of benzene rings is 1. The Morgan fingerprint density at radius 2 is 1.96 bits per heavy atom. The summed E-state index contributed by atoms with van der Waals surface area (Å²) in [6, 6.07) is 10.5. The Labute approximate surface area is 137 Å². The number of amides is 1. The van der Waals surface area contributed by atoms with Gasteiger partial charge in [0.25, 0.3) is 0 Å². The normalized spacial score (nSPS) is 17.7. The molecule has 1 amide bonds. The number of fused-ring (bicyclic) bond motifs is 1. The summed E-state index contributed by atoms with van der Waals surface area (Å²) in [5.41, 5.74) is 3.63. The lowest BCUT2D eigenvalue weighted by atomic mass is 9.80. The average Bonchev–Trinajstić information content (AvgIpc) is 2.83. The van der Waals surface area contributed by atoms with E-state index in [1.54, 1.807) is 0 Å². The smallest absolute Gasteiger partial charge is 0.226 e. The predicted octanol–water partition coefficient (Wildman–Crippen LogP) is 3.78. The molecule has 23 heavy (non-hydrogen) atoms. The molecule has 2 heterocycles. The lowest BCUT2D eigenvalue weighted by Gasteiger charge is -2.27. The van der Waals surface area contributed by atoms with Crippen LogP contribution in [0.1, 0.15) is 56.4 Å². The van der Waals surface area contributed by atoms with Crippen LogP contribution in [0.25, 0.3) is 0 Å². The molecule has 1 aliphatic rings. The quantitative estimate of drug-likeness (QED) is 0.938. The number of rotatable bonds is 3. The molecule has 0 spiro atoms. The van der Waals surface area contributed by atoms with Crippen molar-refractivity contribution in [3.8, 4) is 0 Å². The van der Waals surface area contributed by atoms with E-state index in [4.69, 9.17) is 5.10 Å². The van der Waals surface area contributed by atoms with Gasteiger partial charge < -0.3 is 5.32 Å². The van der Waals surface area contributed by atoms with Crippen LogP contribution in [0.5, 0.6) is 0 Å². The van der Waals surface area contributed by atoms with Crippen LogP contribution in [0.3, 0.4) is 0 Å². The molecule has 0 aliphatic carbocycles. The van der Waals surface area contributed by atoms with Gasteiger partial charge >= 0.3 is 0 Å². The summed E-state index contributed by atoms with van der Waals surface area (Å²) in [5.74, 6) is 1.21. The summed E-state index contributed by atoms with van der Waals surface area (Å²) < 4.78 is 1.82. The van der Waals surface area contributed by atoms with E-state index in [2.05, 4.69) is 50.4 Å². The topological polar surface area (TPSA) is 46.9 Å². The minimum atomic E-state index is -0.0294. The number of aryl methyl sites for hydroxylation is 2. The monoisotopic (exact) mass is 311 g/mol. The van der Waals surface area contributed by atoms with E-state index in [1.165, 1.54) is 11.1 Å². The number of anilines is 1. The van der Waals surface area contributed by atoms with Gasteiger partial charge in [0.2, 0.25) is 5.91 Å². The molecule has 1 aliphatic heterocycles. The van der Waals surface area contributed by atoms with Gasteiger partial charge in [0.1, 0.15) is 5.82 Å². The van der Waals surface area contributed by atoms with Crippen LogP contribution in [0, 0.1) is 0 Å². The molecule has 0 bridgehead atoms. The number of nitrogens with zero attached hydrogens (tertiary/aromatic N) is 2. The molecule has 1 atom stereocenters. The molecule has 122 valence electrons. The molecule has 0 radical (unpaired) electrons. The first-order chi connectivity index (χ1) is 10.9. The van der Waals surface area contributed by atoms with E-state index >= 15 is 0 Å². The van der Waals surface area contributed by atoms with Crippen molar-refractivity contribution in [2.45, 2.75) is 51.4 Å². The van der Waals surface area contributed by atoms with Crippen LogP contribution in [-0.2, 0) is 23.7 Å². The second-order valence-corrected chi connectivity index (χ2v) is 7.46. The number of aromatic nitrogens is 2. The Balaban J connectivity index is 1.92. The Morgan fingerprint density at radius 3 is 2.61 bits per heavy atom. The standard InChI is InChI=1S/C19H25N3O/c1-19(2,3)17-16-14(11-10-13-8-6-5-7-9-13)12-15(23)20-18(16)22(4)21-17/h5-9,14H,10-12H2,1-4H3,(H,20,23)/t14-/m0/s1. The molecule has 0 fully saturated rings. The van der Waals surface area contributed by atoms with E-state index < -0.39 is 0 Å². The van der Waals surface area contributed by atoms with Crippen molar-refractivity contribution < 1.29 is 4.79 Å². The summed E-state index contributed by atoms with van der Waals surface area (Å²) in [7, 11) is 1.91. The maximum Gasteiger partial charge on any atom is 0.226 e. The third-order valence-electron chi connectivity index (χ3n) is 4.52. The highest BCUT2D eigenvalue weighted by Gasteiger charge is 2.35. The van der Waals surface area contributed by atoms with Gasteiger partial charge in [-0.05, 0) is 24.3 Å². The van der Waals surface area contributed by atoms with Crippen LogP contribution < -0.4 is 5.32 Å². The van der Waals surface area contributed by atoms with E-state index in [0.717, 1.165) is 24.4 Å². The number of carbonyl (C=O) groups is 1. The van der Waals surface area contributed by atoms with Gasteiger partial charge in [0.15, 0.2) is 0 Å². The molecule has 4 heteroatoms. The molecular formula is C19H25N3O. The molecule has 0 saturated heterocycles. The van der Waals surface area contributed by atoms with Gasteiger partial charge in [-0.2, -0.15) is 5.10 Å². The third-order valence-corrected chi connectivity index (χ3v) is 4.52. The number of nitrogens with one attached hydrogen (secondary N) is 1. The first-order valence-electron chi connectivity index (χ1n) is 8.27. The second-order valence-electron chi connectivity index (χ2n) is 7.46. The van der Waals surface area contributed by atoms with Gasteiger partial charge in [-0.3, -0.25) is 9.48 Å². The van der Waals surface area contributed by atoms with E-state index in [9.17, 15) is 4.79 Å². The van der Waals surface area contributed by atoms with Crippen molar-refractivity contribution in [2.24, 2.45) is 7.05 Å². The summed E-state index contributed by atoms with van der Waals surface area (Å²) in [6.07, 6.45) is 2.50. The fraction of sp³-hybridized carbons (Fsp3) is 0.474. The van der Waals surface area contributed by atoms with Crippen LogP contribution in [0.15, 0.2) is 30.3 Å². The lowest BCUT2D eigenvalue weighted by molar-refractivity contribution is -0.116. The lowest BCUT2D eigenvalue weighted by Crippen LogP contribution is -2.26. The highest BCUT2D eigenvalue weighted by molar-refractivity contribution is 5.94. The fourth-order valence-corrected chi connectivity index (χ4v) is 3.37. The maximum atomic E-state index is 12.1. The van der Waals surface area contributed by atoms with Crippen molar-refractivity contribution in [1.29, 1.82) is 0 Å². The zero-order chi connectivity index (χ0) is 16.6. The van der Waals surface area contributed by atoms with Crippen molar-refractivity contribution in [2.75, 3.05) is 5.32 Å². The Bertz CT molecular complexity index is 710. The van der Waals surface area contributed by atoms with Gasteiger partial charge in [-0.15, -0.1) is 0 Å². The van der Waals surface area contributed by atoms with E-state index in [0.29, 0.717) is 6.42 Å². The Kier molecular flexibility index (Phi) is 4.00. The fourth-order valence-electron chi connectivity index (χ4n) is 3.37. The highest BCUT2D eigenvalue weighted by Crippen LogP contribution is 2.41. The Hall–Kier alpha value is -2.10. The third kappa shape index (κ3) is 3.16. The maximum absolute atomic E-state index is 12.1. The zero-order valence-corrected chi connectivity index (χ0v) is 14.4. The van der Waals surface area contributed by atoms with Gasteiger partial charge in [0, 0.05) is 24.4 Å². The van der Waals surface area contributed by atoms with Gasteiger partial charge in [0.05, 0.1) is 5.69 Å². The summed E-state index contributed by atoms with van der Waals surface area (Å²) in [6.45, 7) is 6.54. The van der Waals surface area contributed by atoms with Crippen molar-refractivity contribution in [3.63, 3.8) is 0 Å². The Morgan fingerprint density at radius 1 is 1.26 bits per heavy atom. The van der Waals surface area contributed by atoms with Gasteiger partial charge in [-0.1, -0.05) is 51.1 Å². The summed E-state index contributed by atoms with van der Waals surface area (Å²) in [5, 5.41) is 7.72. The second kappa shape index (κ2) is 5.84. The molecule has 1 aromatic carbocycles. The van der Waals surface area contributed by atoms with E-state index in [-0.39, 0.29) is 17.2 Å². The molecule has 0 unspecified atom stereocenters. The minimum absolute atomic E-state index is 0.0294. The molecule has 1 N–H and O–H groups in total. The minimum Gasteiger partial charge on any atom is -0.311 e. The van der Waals surface area contributed by atoms with Gasteiger partial charge in [-0.25, -0.2) is 0 Å². The molecule has 2 aromatic rings. The SMILES string of the molecule is Cn1nc(C(C)(C)C)c2c1NC(=O)C[C@@H]2CCc1ccccc1. The largest absolute Gasteiger partial charge is 0.311 e.